The van der Waals surface area contributed by atoms with E-state index in [1.54, 1.807) is 50.6 Å². The van der Waals surface area contributed by atoms with E-state index in [0.29, 0.717) is 35.2 Å². The Morgan fingerprint density at radius 1 is 0.903 bits per heavy atom. The predicted octanol–water partition coefficient (Wildman–Crippen LogP) is 5.41. The fourth-order valence-electron chi connectivity index (χ4n) is 3.23. The summed E-state index contributed by atoms with van der Waals surface area (Å²) in [6.45, 7) is 0.410. The molecule has 0 atom stereocenters. The molecule has 0 aromatic heterocycles. The Morgan fingerprint density at radius 3 is 2.48 bits per heavy atom. The van der Waals surface area contributed by atoms with Crippen molar-refractivity contribution in [1.29, 1.82) is 0 Å². The lowest BCUT2D eigenvalue weighted by molar-refractivity contribution is 0.101. The van der Waals surface area contributed by atoms with Gasteiger partial charge in [0.1, 0.15) is 29.6 Å². The SMILES string of the molecule is COc1ccc(C=C2Oc3cc(OCC=Cc4ccccc4)ccc3C2=O)c(OC)c1. The number of Topliss-reactive ketones (excluding diaryl/α,β-unsaturated/α-hetero) is 1. The van der Waals surface area contributed by atoms with Crippen LogP contribution in [0.4, 0.5) is 0 Å². The lowest BCUT2D eigenvalue weighted by Gasteiger charge is -2.08. The topological polar surface area (TPSA) is 54.0 Å². The van der Waals surface area contributed by atoms with E-state index in [0.717, 1.165) is 11.1 Å². The van der Waals surface area contributed by atoms with Crippen LogP contribution >= 0.6 is 0 Å². The maximum atomic E-state index is 12.7. The molecule has 0 saturated heterocycles. The summed E-state index contributed by atoms with van der Waals surface area (Å²) in [4.78, 5) is 12.7. The van der Waals surface area contributed by atoms with Crippen LogP contribution in [0.15, 0.2) is 78.6 Å². The number of hydrogen-bond acceptors (Lipinski definition) is 5. The normalized spacial score (nSPS) is 13.9. The molecule has 0 amide bonds. The number of carbonyl (C=O) groups is 1. The zero-order valence-electron chi connectivity index (χ0n) is 17.3. The second-order valence-corrected chi connectivity index (χ2v) is 6.83. The van der Waals surface area contributed by atoms with E-state index >= 15 is 0 Å². The maximum absolute atomic E-state index is 12.7. The summed E-state index contributed by atoms with van der Waals surface area (Å²) in [5.74, 6) is 2.43. The monoisotopic (exact) mass is 414 g/mol. The molecule has 5 nitrogen and oxygen atoms in total. The Morgan fingerprint density at radius 2 is 1.71 bits per heavy atom. The van der Waals surface area contributed by atoms with Gasteiger partial charge in [-0.15, -0.1) is 0 Å². The third-order valence-electron chi connectivity index (χ3n) is 4.82. The van der Waals surface area contributed by atoms with Crippen molar-refractivity contribution in [3.8, 4) is 23.0 Å². The summed E-state index contributed by atoms with van der Waals surface area (Å²) >= 11 is 0. The van der Waals surface area contributed by atoms with Crippen molar-refractivity contribution in [2.75, 3.05) is 20.8 Å². The van der Waals surface area contributed by atoms with Crippen LogP contribution in [0.5, 0.6) is 23.0 Å². The van der Waals surface area contributed by atoms with Crippen LogP contribution in [-0.4, -0.2) is 26.6 Å². The van der Waals surface area contributed by atoms with Gasteiger partial charge in [0.05, 0.1) is 19.8 Å². The minimum absolute atomic E-state index is 0.177. The lowest BCUT2D eigenvalue weighted by atomic mass is 10.1. The lowest BCUT2D eigenvalue weighted by Crippen LogP contribution is -1.99. The Bertz CT molecular complexity index is 1150. The summed E-state index contributed by atoms with van der Waals surface area (Å²) < 4.78 is 22.2. The summed E-state index contributed by atoms with van der Waals surface area (Å²) in [7, 11) is 3.16. The smallest absolute Gasteiger partial charge is 0.231 e. The first-order chi connectivity index (χ1) is 15.2. The van der Waals surface area contributed by atoms with Crippen LogP contribution in [-0.2, 0) is 0 Å². The molecule has 0 aliphatic carbocycles. The van der Waals surface area contributed by atoms with Gasteiger partial charge < -0.3 is 18.9 Å². The first kappa shape index (κ1) is 20.3. The van der Waals surface area contributed by atoms with Crippen LogP contribution < -0.4 is 18.9 Å². The van der Waals surface area contributed by atoms with Gasteiger partial charge in [0.15, 0.2) is 5.76 Å². The van der Waals surface area contributed by atoms with Crippen molar-refractivity contribution < 1.29 is 23.7 Å². The van der Waals surface area contributed by atoms with Crippen molar-refractivity contribution in [2.45, 2.75) is 0 Å². The first-order valence-electron chi connectivity index (χ1n) is 9.82. The predicted molar refractivity (Wildman–Crippen MR) is 120 cm³/mol. The molecule has 0 radical (unpaired) electrons. The molecule has 0 N–H and O–H groups in total. The molecule has 0 spiro atoms. The highest BCUT2D eigenvalue weighted by Gasteiger charge is 2.28. The molecule has 5 heteroatoms. The molecule has 1 heterocycles. The van der Waals surface area contributed by atoms with E-state index < -0.39 is 0 Å². The number of hydrogen-bond donors (Lipinski definition) is 0. The Kier molecular flexibility index (Phi) is 6.03. The Balaban J connectivity index is 1.47. The molecule has 1 aliphatic rings. The summed E-state index contributed by atoms with van der Waals surface area (Å²) in [6.07, 6.45) is 5.61. The van der Waals surface area contributed by atoms with Crippen LogP contribution in [0.1, 0.15) is 21.5 Å². The van der Waals surface area contributed by atoms with Crippen molar-refractivity contribution in [3.05, 3.63) is 95.3 Å². The van der Waals surface area contributed by atoms with Gasteiger partial charge in [-0.1, -0.05) is 36.4 Å². The minimum Gasteiger partial charge on any atom is -0.497 e. The van der Waals surface area contributed by atoms with Crippen LogP contribution in [0.3, 0.4) is 0 Å². The van der Waals surface area contributed by atoms with Crippen molar-refractivity contribution in [1.82, 2.24) is 0 Å². The molecule has 0 fully saturated rings. The zero-order chi connectivity index (χ0) is 21.6. The van der Waals surface area contributed by atoms with Gasteiger partial charge in [0, 0.05) is 17.7 Å². The highest BCUT2D eigenvalue weighted by molar-refractivity contribution is 6.14. The standard InChI is InChI=1S/C26H22O5/c1-28-20-11-10-19(23(16-20)29-2)15-25-26(27)22-13-12-21(17-24(22)31-25)30-14-6-9-18-7-4-3-5-8-18/h3-13,15-17H,14H2,1-2H3. The minimum atomic E-state index is -0.177. The summed E-state index contributed by atoms with van der Waals surface area (Å²) in [5, 5.41) is 0. The van der Waals surface area contributed by atoms with Crippen LogP contribution in [0, 0.1) is 0 Å². The van der Waals surface area contributed by atoms with E-state index in [9.17, 15) is 4.79 Å². The van der Waals surface area contributed by atoms with Gasteiger partial charge in [0.2, 0.25) is 5.78 Å². The fraction of sp³-hybridized carbons (Fsp3) is 0.115. The molecule has 3 aromatic carbocycles. The van der Waals surface area contributed by atoms with Gasteiger partial charge in [-0.05, 0) is 42.0 Å². The number of rotatable bonds is 7. The molecule has 0 bridgehead atoms. The van der Waals surface area contributed by atoms with Gasteiger partial charge in [-0.3, -0.25) is 4.79 Å². The van der Waals surface area contributed by atoms with Crippen LogP contribution in [0.25, 0.3) is 12.2 Å². The third-order valence-corrected chi connectivity index (χ3v) is 4.82. The van der Waals surface area contributed by atoms with Gasteiger partial charge in [-0.2, -0.15) is 0 Å². The molecule has 3 aromatic rings. The average Bonchev–Trinajstić information content (AvgIpc) is 3.12. The number of fused-ring (bicyclic) bond motifs is 1. The molecule has 1 aliphatic heterocycles. The summed E-state index contributed by atoms with van der Waals surface area (Å²) in [6, 6.07) is 20.6. The number of carbonyl (C=O) groups excluding carboxylic acids is 1. The van der Waals surface area contributed by atoms with E-state index in [1.165, 1.54) is 0 Å². The zero-order valence-corrected chi connectivity index (χ0v) is 17.3. The highest BCUT2D eigenvalue weighted by Crippen LogP contribution is 2.36. The number of ether oxygens (including phenoxy) is 4. The van der Waals surface area contributed by atoms with Gasteiger partial charge in [-0.25, -0.2) is 0 Å². The van der Waals surface area contributed by atoms with E-state index in [2.05, 4.69) is 0 Å². The number of methoxy groups -OCH3 is 2. The second-order valence-electron chi connectivity index (χ2n) is 6.83. The van der Waals surface area contributed by atoms with E-state index in [-0.39, 0.29) is 11.5 Å². The number of allylic oxidation sites excluding steroid dienone is 1. The van der Waals surface area contributed by atoms with Crippen molar-refractivity contribution in [2.24, 2.45) is 0 Å². The quantitative estimate of drug-likeness (QED) is 0.484. The van der Waals surface area contributed by atoms with E-state index in [1.807, 2.05) is 48.6 Å². The summed E-state index contributed by atoms with van der Waals surface area (Å²) in [5.41, 5.74) is 2.34. The van der Waals surface area contributed by atoms with Crippen LogP contribution in [0.2, 0.25) is 0 Å². The largest absolute Gasteiger partial charge is 0.497 e. The molecule has 0 saturated carbocycles. The first-order valence-corrected chi connectivity index (χ1v) is 9.82. The van der Waals surface area contributed by atoms with Crippen molar-refractivity contribution in [3.63, 3.8) is 0 Å². The molecular formula is C26H22O5. The number of ketones is 1. The Hall–Kier alpha value is -3.99. The maximum Gasteiger partial charge on any atom is 0.231 e. The van der Waals surface area contributed by atoms with Gasteiger partial charge >= 0.3 is 0 Å². The molecule has 0 unspecified atom stereocenters. The number of benzene rings is 3. The molecule has 31 heavy (non-hydrogen) atoms. The molecule has 4 rings (SSSR count). The van der Waals surface area contributed by atoms with Gasteiger partial charge in [0.25, 0.3) is 0 Å². The second kappa shape index (κ2) is 9.22. The van der Waals surface area contributed by atoms with E-state index in [4.69, 9.17) is 18.9 Å². The highest BCUT2D eigenvalue weighted by atomic mass is 16.5. The molecule has 156 valence electrons. The fourth-order valence-corrected chi connectivity index (χ4v) is 3.23. The third kappa shape index (κ3) is 4.61. The Labute approximate surface area is 181 Å². The van der Waals surface area contributed by atoms with Crippen molar-refractivity contribution >= 4 is 17.9 Å². The average molecular weight is 414 g/mol. The molecular weight excluding hydrogens is 392 g/mol.